The molecule has 32 valence electrons. The molecule has 0 aliphatic rings. The summed E-state index contributed by atoms with van der Waals surface area (Å²) in [5, 5.41) is 0.288. The van der Waals surface area contributed by atoms with Crippen LogP contribution < -0.4 is 5.73 Å². The maximum atomic E-state index is 5.25. The highest BCUT2D eigenvalue weighted by molar-refractivity contribution is 14.2. The van der Waals surface area contributed by atoms with Gasteiger partial charge in [0.2, 0.25) is 0 Å². The molecule has 0 saturated carbocycles. The maximum absolute atomic E-state index is 5.25. The van der Waals surface area contributed by atoms with Gasteiger partial charge in [-0.25, -0.2) is 0 Å². The Bertz CT molecular complexity index is 23.6. The molecular weight excluding hydrogens is 197 g/mol. The molecule has 2 N–H and O–H groups in total. The zero-order valence-electron chi connectivity index (χ0n) is 2.94. The number of rotatable bonds is 1. The van der Waals surface area contributed by atoms with E-state index in [1.807, 2.05) is 6.92 Å². The van der Waals surface area contributed by atoms with E-state index in [2.05, 4.69) is 21.2 Å². The van der Waals surface area contributed by atoms with Crippen LogP contribution in [0.1, 0.15) is 6.92 Å². The van der Waals surface area contributed by atoms with Crippen LogP contribution in [-0.2, 0) is 0 Å². The minimum Gasteiger partial charge on any atom is -0.319 e. The molecule has 1 atom stereocenters. The molecule has 0 aliphatic carbocycles. The van der Waals surface area contributed by atoms with Crippen molar-refractivity contribution in [2.45, 2.75) is 12.3 Å². The second-order valence-electron chi connectivity index (χ2n) is 0.794. The van der Waals surface area contributed by atoms with Crippen LogP contribution in [0.15, 0.2) is 0 Å². The lowest BCUT2D eigenvalue weighted by molar-refractivity contribution is 1.06. The van der Waals surface area contributed by atoms with Crippen LogP contribution in [0.2, 0.25) is 0 Å². The van der Waals surface area contributed by atoms with Crippen molar-refractivity contribution in [2.75, 3.05) is 0 Å². The summed E-state index contributed by atoms with van der Waals surface area (Å²) in [4.78, 5) is 0. The van der Waals surface area contributed by atoms with E-state index in [4.69, 9.17) is 5.73 Å². The predicted octanol–water partition coefficient (Wildman–Crippen LogP) is 1.37. The van der Waals surface area contributed by atoms with Crippen molar-refractivity contribution in [2.24, 2.45) is 5.73 Å². The van der Waals surface area contributed by atoms with E-state index < -0.39 is 0 Å². The molecule has 0 aromatic rings. The average molecular weight is 203 g/mol. The minimum absolute atomic E-state index is 0.288. The van der Waals surface area contributed by atoms with Gasteiger partial charge in [0.1, 0.15) is 0 Å². The maximum Gasteiger partial charge on any atom is 0.0579 e. The smallest absolute Gasteiger partial charge is 0.0579 e. The number of hydrogen-bond donors (Lipinski definition) is 1. The Balaban J connectivity index is 2.54. The molecule has 3 heteroatoms. The van der Waals surface area contributed by atoms with Crippen LogP contribution in [0.3, 0.4) is 0 Å². The summed E-state index contributed by atoms with van der Waals surface area (Å²) in [5.74, 6) is 0. The van der Waals surface area contributed by atoms with Gasteiger partial charge >= 0.3 is 0 Å². The molecule has 0 fully saturated rings. The Labute approximate surface area is 48.3 Å². The van der Waals surface area contributed by atoms with Gasteiger partial charge in [-0.15, -0.1) is 0 Å². The molecule has 5 heavy (non-hydrogen) atoms. The van der Waals surface area contributed by atoms with E-state index in [0.717, 1.165) is 0 Å². The first-order chi connectivity index (χ1) is 2.27. The van der Waals surface area contributed by atoms with Crippen LogP contribution in [-0.4, -0.2) is 5.37 Å². The average Bonchev–Trinajstić information content (AvgIpc) is 1.38. The fourth-order valence-electron chi connectivity index (χ4n) is 0. The highest BCUT2D eigenvalue weighted by Crippen LogP contribution is 2.12. The molecule has 0 unspecified atom stereocenters. The van der Waals surface area contributed by atoms with Crippen molar-refractivity contribution in [3.05, 3.63) is 0 Å². The highest BCUT2D eigenvalue weighted by Gasteiger charge is 1.82. The van der Waals surface area contributed by atoms with Crippen LogP contribution in [0.25, 0.3) is 0 Å². The number of hydrogen-bond acceptors (Lipinski definition) is 2. The first kappa shape index (κ1) is 6.04. The molecule has 1 nitrogen and oxygen atoms in total. The quantitative estimate of drug-likeness (QED) is 0.514. The summed E-state index contributed by atoms with van der Waals surface area (Å²) >= 11 is 2.17. The third-order valence-corrected chi connectivity index (χ3v) is 2.83. The molecule has 0 aliphatic heterocycles. The first-order valence-electron chi connectivity index (χ1n) is 1.30. The van der Waals surface area contributed by atoms with Crippen molar-refractivity contribution >= 4 is 30.1 Å². The summed E-state index contributed by atoms with van der Waals surface area (Å²) in [6.07, 6.45) is 0. The van der Waals surface area contributed by atoms with E-state index >= 15 is 0 Å². The van der Waals surface area contributed by atoms with Gasteiger partial charge in [0, 0.05) is 0 Å². The topological polar surface area (TPSA) is 26.0 Å². The summed E-state index contributed by atoms with van der Waals surface area (Å²) < 4.78 is 0. The molecule has 0 saturated heterocycles. The number of halogens is 1. The lowest BCUT2D eigenvalue weighted by Gasteiger charge is -1.89. The summed E-state index contributed by atoms with van der Waals surface area (Å²) in [7, 11) is 1.63. The molecule has 0 bridgehead atoms. The van der Waals surface area contributed by atoms with E-state index in [-0.39, 0.29) is 5.37 Å². The monoisotopic (exact) mass is 203 g/mol. The summed E-state index contributed by atoms with van der Waals surface area (Å²) in [6, 6.07) is 0. The van der Waals surface area contributed by atoms with Gasteiger partial charge in [-0.2, -0.15) is 0 Å². The Morgan fingerprint density at radius 1 is 2.00 bits per heavy atom. The van der Waals surface area contributed by atoms with Crippen molar-refractivity contribution in [1.82, 2.24) is 0 Å². The normalized spacial score (nSPS) is 15.0. The van der Waals surface area contributed by atoms with Gasteiger partial charge in [-0.3, -0.25) is 0 Å². The summed E-state index contributed by atoms with van der Waals surface area (Å²) in [5.41, 5.74) is 5.25. The molecule has 0 spiro atoms. The van der Waals surface area contributed by atoms with Crippen molar-refractivity contribution < 1.29 is 0 Å². The largest absolute Gasteiger partial charge is 0.319 e. The van der Waals surface area contributed by atoms with Gasteiger partial charge < -0.3 is 5.73 Å². The Kier molecular flexibility index (Phi) is 3.91. The van der Waals surface area contributed by atoms with E-state index in [1.165, 1.54) is 0 Å². The molecule has 0 aromatic carbocycles. The van der Waals surface area contributed by atoms with E-state index in [1.54, 1.807) is 8.93 Å². The second kappa shape index (κ2) is 3.24. The molecular formula is C2H6INS. The Morgan fingerprint density at radius 2 is 2.20 bits per heavy atom. The molecule has 0 aromatic heterocycles. The van der Waals surface area contributed by atoms with Crippen LogP contribution >= 0.6 is 30.1 Å². The van der Waals surface area contributed by atoms with Crippen molar-refractivity contribution in [3.8, 4) is 0 Å². The molecule has 0 heterocycles. The highest BCUT2D eigenvalue weighted by atomic mass is 127. The lowest BCUT2D eigenvalue weighted by Crippen LogP contribution is -2.05. The third-order valence-electron chi connectivity index (χ3n) is 0.141. The minimum atomic E-state index is 0.288. The van der Waals surface area contributed by atoms with Gasteiger partial charge in [0.05, 0.1) is 5.37 Å². The van der Waals surface area contributed by atoms with Gasteiger partial charge in [-0.1, -0.05) is 8.93 Å². The molecule has 0 amide bonds. The standard InChI is InChI=1S/C2H6INS/c1-2(4)5-3/h2H,4H2,1H3/t2-/m1/s1. The Hall–Kier alpha value is 1.04. The van der Waals surface area contributed by atoms with Crippen LogP contribution in [0.5, 0.6) is 0 Å². The van der Waals surface area contributed by atoms with Gasteiger partial charge in [0.15, 0.2) is 0 Å². The molecule has 0 radical (unpaired) electrons. The predicted molar refractivity (Wildman–Crippen MR) is 35.3 cm³/mol. The fraction of sp³-hybridized carbons (Fsp3) is 1.00. The van der Waals surface area contributed by atoms with Crippen LogP contribution in [0.4, 0.5) is 0 Å². The molecule has 0 rings (SSSR count). The van der Waals surface area contributed by atoms with E-state index in [9.17, 15) is 0 Å². The van der Waals surface area contributed by atoms with Crippen molar-refractivity contribution in [1.29, 1.82) is 0 Å². The Morgan fingerprint density at radius 3 is 2.20 bits per heavy atom. The van der Waals surface area contributed by atoms with E-state index in [0.29, 0.717) is 0 Å². The summed E-state index contributed by atoms with van der Waals surface area (Å²) in [6.45, 7) is 1.96. The number of nitrogens with two attached hydrogens (primary N) is 1. The second-order valence-corrected chi connectivity index (χ2v) is 3.24. The first-order valence-corrected chi connectivity index (χ1v) is 4.72. The third kappa shape index (κ3) is 5.04. The zero-order chi connectivity index (χ0) is 4.28. The SMILES string of the molecule is C[C@H](N)SI. The van der Waals surface area contributed by atoms with Crippen LogP contribution in [0, 0.1) is 0 Å². The van der Waals surface area contributed by atoms with Crippen molar-refractivity contribution in [3.63, 3.8) is 0 Å². The zero-order valence-corrected chi connectivity index (χ0v) is 5.91. The van der Waals surface area contributed by atoms with Gasteiger partial charge in [0.25, 0.3) is 0 Å². The fourth-order valence-corrected chi connectivity index (χ4v) is 0. The lowest BCUT2D eigenvalue weighted by atomic mass is 10.8. The van der Waals surface area contributed by atoms with Gasteiger partial charge in [-0.05, 0) is 28.1 Å².